The van der Waals surface area contributed by atoms with Gasteiger partial charge in [-0.3, -0.25) is 29.9 Å². The highest BCUT2D eigenvalue weighted by Crippen LogP contribution is 2.34. The normalized spacial score (nSPS) is 16.9. The molecule has 114 valence electrons. The molecule has 0 aliphatic carbocycles. The Morgan fingerprint density at radius 2 is 2.09 bits per heavy atom. The van der Waals surface area contributed by atoms with Gasteiger partial charge < -0.3 is 5.11 Å². The number of nitro groups is 1. The molecule has 2 amide bonds. The first-order valence-corrected chi connectivity index (χ1v) is 6.94. The van der Waals surface area contributed by atoms with E-state index in [1.54, 1.807) is 0 Å². The Labute approximate surface area is 137 Å². The number of hydrogen-bond donors (Lipinski definition) is 2. The van der Waals surface area contributed by atoms with Crippen LogP contribution in [0, 0.1) is 10.1 Å². The highest BCUT2D eigenvalue weighted by atomic mass is 79.9. The van der Waals surface area contributed by atoms with Crippen molar-refractivity contribution in [2.24, 2.45) is 0 Å². The number of nitrogens with one attached hydrogen (secondary N) is 1. The number of likely N-dealkylation sites (N-methyl/N-ethyl adjacent to an activating group) is 1. The van der Waals surface area contributed by atoms with Crippen molar-refractivity contribution in [3.8, 4) is 5.75 Å². The van der Waals surface area contributed by atoms with Crippen LogP contribution in [0.15, 0.2) is 22.2 Å². The third-order valence-electron chi connectivity index (χ3n) is 2.89. The monoisotopic (exact) mass is 385 g/mol. The summed E-state index contributed by atoms with van der Waals surface area (Å²) in [7, 11) is 1.38. The van der Waals surface area contributed by atoms with Crippen LogP contribution in [0.3, 0.4) is 0 Å². The molecule has 0 spiro atoms. The number of halogens is 1. The SMILES string of the molecule is CN1C(=O)/C(=C/c2cc([N+](=O)[O-])cc(Br)c2O)C(=O)NC1=S. The van der Waals surface area contributed by atoms with Gasteiger partial charge in [-0.15, -0.1) is 0 Å². The van der Waals surface area contributed by atoms with E-state index in [1.165, 1.54) is 7.05 Å². The van der Waals surface area contributed by atoms with E-state index in [1.807, 2.05) is 0 Å². The molecule has 1 aliphatic rings. The number of aromatic hydroxyl groups is 1. The number of non-ortho nitro benzene ring substituents is 1. The average molecular weight is 386 g/mol. The standard InChI is InChI=1S/C12H8BrN3O5S/c1-15-11(19)7(10(18)14-12(15)22)3-5-2-6(16(20)21)4-8(13)9(5)17/h2-4,17H,1H3,(H,14,18,22)/b7-3+. The summed E-state index contributed by atoms with van der Waals surface area (Å²) in [6.07, 6.45) is 1.07. The maximum absolute atomic E-state index is 12.0. The summed E-state index contributed by atoms with van der Waals surface area (Å²) in [5.74, 6) is -1.74. The maximum atomic E-state index is 12.0. The van der Waals surface area contributed by atoms with E-state index in [0.29, 0.717) is 0 Å². The van der Waals surface area contributed by atoms with Crippen LogP contribution in [0.1, 0.15) is 5.56 Å². The minimum atomic E-state index is -0.741. The smallest absolute Gasteiger partial charge is 0.271 e. The van der Waals surface area contributed by atoms with Crippen molar-refractivity contribution >= 4 is 56.8 Å². The lowest BCUT2D eigenvalue weighted by molar-refractivity contribution is -0.385. The molecular weight excluding hydrogens is 378 g/mol. The highest BCUT2D eigenvalue weighted by Gasteiger charge is 2.31. The van der Waals surface area contributed by atoms with E-state index >= 15 is 0 Å². The molecule has 1 aromatic carbocycles. The Bertz CT molecular complexity index is 761. The predicted octanol–water partition coefficient (Wildman–Crippen LogP) is 1.32. The van der Waals surface area contributed by atoms with Gasteiger partial charge in [0.25, 0.3) is 17.5 Å². The molecule has 1 heterocycles. The summed E-state index contributed by atoms with van der Waals surface area (Å²) in [4.78, 5) is 35.1. The Hall–Kier alpha value is -2.33. The topological polar surface area (TPSA) is 113 Å². The van der Waals surface area contributed by atoms with Crippen LogP contribution in [-0.2, 0) is 9.59 Å². The first-order chi connectivity index (χ1) is 10.2. The van der Waals surface area contributed by atoms with Gasteiger partial charge in [0.15, 0.2) is 5.11 Å². The number of rotatable bonds is 2. The van der Waals surface area contributed by atoms with Crippen molar-refractivity contribution < 1.29 is 19.6 Å². The van der Waals surface area contributed by atoms with Gasteiger partial charge in [0, 0.05) is 24.7 Å². The van der Waals surface area contributed by atoms with Crippen LogP contribution in [-0.4, -0.2) is 38.9 Å². The second kappa shape index (κ2) is 5.81. The molecule has 0 unspecified atom stereocenters. The first kappa shape index (κ1) is 16.0. The number of benzene rings is 1. The van der Waals surface area contributed by atoms with Gasteiger partial charge in [-0.25, -0.2) is 0 Å². The number of phenols is 1. The quantitative estimate of drug-likeness (QED) is 0.261. The number of carbonyl (C=O) groups excluding carboxylic acids is 2. The molecule has 1 saturated heterocycles. The summed E-state index contributed by atoms with van der Waals surface area (Å²) in [6.45, 7) is 0. The summed E-state index contributed by atoms with van der Waals surface area (Å²) >= 11 is 7.78. The number of phenolic OH excluding ortho intramolecular Hbond substituents is 1. The van der Waals surface area contributed by atoms with Gasteiger partial charge in [-0.1, -0.05) is 0 Å². The van der Waals surface area contributed by atoms with Crippen molar-refractivity contribution in [2.75, 3.05) is 7.05 Å². The van der Waals surface area contributed by atoms with E-state index in [2.05, 4.69) is 21.2 Å². The summed E-state index contributed by atoms with van der Waals surface area (Å²) in [5, 5.41) is 23.0. The summed E-state index contributed by atoms with van der Waals surface area (Å²) in [5.41, 5.74) is -0.636. The van der Waals surface area contributed by atoms with E-state index < -0.39 is 16.7 Å². The molecule has 22 heavy (non-hydrogen) atoms. The van der Waals surface area contributed by atoms with Gasteiger partial charge >= 0.3 is 0 Å². The van der Waals surface area contributed by atoms with Crippen molar-refractivity contribution in [2.45, 2.75) is 0 Å². The average Bonchev–Trinajstić information content (AvgIpc) is 2.45. The van der Waals surface area contributed by atoms with Crippen molar-refractivity contribution in [1.82, 2.24) is 10.2 Å². The number of carbonyl (C=O) groups is 2. The fraction of sp³-hybridized carbons (Fsp3) is 0.0833. The second-order valence-electron chi connectivity index (χ2n) is 4.30. The van der Waals surface area contributed by atoms with Gasteiger partial charge in [-0.05, 0) is 34.2 Å². The lowest BCUT2D eigenvalue weighted by Crippen LogP contribution is -2.52. The van der Waals surface area contributed by atoms with E-state index in [-0.39, 0.29) is 32.2 Å². The van der Waals surface area contributed by atoms with E-state index in [9.17, 15) is 24.8 Å². The molecule has 0 aromatic heterocycles. The van der Waals surface area contributed by atoms with Crippen molar-refractivity contribution in [3.63, 3.8) is 0 Å². The number of thiocarbonyl (C=S) groups is 1. The minimum absolute atomic E-state index is 0.0409. The minimum Gasteiger partial charge on any atom is -0.506 e. The molecule has 1 aliphatic heterocycles. The number of nitrogens with zero attached hydrogens (tertiary/aromatic N) is 2. The summed E-state index contributed by atoms with van der Waals surface area (Å²) < 4.78 is 0.0705. The van der Waals surface area contributed by atoms with Crippen LogP contribution in [0.5, 0.6) is 5.75 Å². The zero-order valence-corrected chi connectivity index (χ0v) is 13.4. The Kier molecular flexibility index (Phi) is 4.24. The van der Waals surface area contributed by atoms with Gasteiger partial charge in [0.05, 0.1) is 9.40 Å². The highest BCUT2D eigenvalue weighted by molar-refractivity contribution is 9.10. The van der Waals surface area contributed by atoms with Crippen LogP contribution in [0.2, 0.25) is 0 Å². The molecule has 0 saturated carbocycles. The molecule has 1 aromatic rings. The molecule has 2 rings (SSSR count). The largest absolute Gasteiger partial charge is 0.506 e. The number of amides is 2. The molecule has 0 radical (unpaired) electrons. The van der Waals surface area contributed by atoms with Crippen LogP contribution in [0.25, 0.3) is 6.08 Å². The van der Waals surface area contributed by atoms with Gasteiger partial charge in [0.1, 0.15) is 11.3 Å². The fourth-order valence-corrected chi connectivity index (χ4v) is 2.36. The molecule has 0 bridgehead atoms. The fourth-order valence-electron chi connectivity index (χ4n) is 1.72. The van der Waals surface area contributed by atoms with Crippen LogP contribution in [0.4, 0.5) is 5.69 Å². The zero-order chi connectivity index (χ0) is 16.6. The lowest BCUT2D eigenvalue weighted by atomic mass is 10.1. The second-order valence-corrected chi connectivity index (χ2v) is 5.55. The molecule has 2 N–H and O–H groups in total. The predicted molar refractivity (Wildman–Crippen MR) is 83.9 cm³/mol. The Morgan fingerprint density at radius 1 is 1.45 bits per heavy atom. The van der Waals surface area contributed by atoms with Crippen molar-refractivity contribution in [3.05, 3.63) is 37.9 Å². The first-order valence-electron chi connectivity index (χ1n) is 5.74. The maximum Gasteiger partial charge on any atom is 0.271 e. The molecule has 10 heteroatoms. The molecule has 8 nitrogen and oxygen atoms in total. The third-order valence-corrected chi connectivity index (χ3v) is 3.87. The molecule has 1 fully saturated rings. The van der Waals surface area contributed by atoms with Gasteiger partial charge in [-0.2, -0.15) is 0 Å². The van der Waals surface area contributed by atoms with Crippen molar-refractivity contribution in [1.29, 1.82) is 0 Å². The van der Waals surface area contributed by atoms with Crippen LogP contribution >= 0.6 is 28.1 Å². The van der Waals surface area contributed by atoms with E-state index in [0.717, 1.165) is 23.1 Å². The number of hydrogen-bond acceptors (Lipinski definition) is 6. The zero-order valence-electron chi connectivity index (χ0n) is 11.0. The summed E-state index contributed by atoms with van der Waals surface area (Å²) in [6, 6.07) is 2.17. The van der Waals surface area contributed by atoms with E-state index in [4.69, 9.17) is 12.2 Å². The molecule has 0 atom stereocenters. The van der Waals surface area contributed by atoms with Gasteiger partial charge in [0.2, 0.25) is 0 Å². The number of nitro benzene ring substituents is 1. The third kappa shape index (κ3) is 2.83. The Morgan fingerprint density at radius 3 is 2.68 bits per heavy atom. The van der Waals surface area contributed by atoms with Crippen LogP contribution < -0.4 is 5.32 Å². The lowest BCUT2D eigenvalue weighted by Gasteiger charge is -2.25. The molecular formula is C12H8BrN3O5S. The Balaban J connectivity index is 2.57.